The third-order valence-corrected chi connectivity index (χ3v) is 10.8. The number of hydrogen-bond donors (Lipinski definition) is 2. The Morgan fingerprint density at radius 2 is 1.86 bits per heavy atom. The van der Waals surface area contributed by atoms with Crippen LogP contribution >= 0.6 is 0 Å². The van der Waals surface area contributed by atoms with E-state index in [2.05, 4.69) is 20.0 Å². The molecule has 0 unspecified atom stereocenters. The van der Waals surface area contributed by atoms with Crippen LogP contribution in [0, 0.1) is 17.8 Å². The minimum absolute atomic E-state index is 0.145. The van der Waals surface area contributed by atoms with Gasteiger partial charge in [-0.1, -0.05) is 42.5 Å². The van der Waals surface area contributed by atoms with Crippen molar-refractivity contribution in [3.8, 4) is 17.3 Å². The summed E-state index contributed by atoms with van der Waals surface area (Å²) >= 11 is 0. The zero-order valence-electron chi connectivity index (χ0n) is 24.1. The van der Waals surface area contributed by atoms with Crippen molar-refractivity contribution in [3.05, 3.63) is 54.7 Å². The normalized spacial score (nSPS) is 30.3. The lowest BCUT2D eigenvalue weighted by molar-refractivity contribution is -0.140. The van der Waals surface area contributed by atoms with Gasteiger partial charge in [-0.05, 0) is 51.4 Å². The van der Waals surface area contributed by atoms with Crippen LogP contribution in [-0.4, -0.2) is 71.5 Å². The maximum atomic E-state index is 13.9. The minimum atomic E-state index is -3.79. The number of benzene rings is 1. The quantitative estimate of drug-likeness (QED) is 0.477. The summed E-state index contributed by atoms with van der Waals surface area (Å²) in [5.74, 6) is -2.19. The number of aromatic nitrogens is 2. The Balaban J connectivity index is 1.24. The topological polar surface area (TPSA) is 148 Å². The van der Waals surface area contributed by atoms with Crippen LogP contribution in [0.5, 0.6) is 5.88 Å². The summed E-state index contributed by atoms with van der Waals surface area (Å²) in [6.45, 7) is 0.574. The highest BCUT2D eigenvalue weighted by atomic mass is 32.2. The van der Waals surface area contributed by atoms with Gasteiger partial charge in [0, 0.05) is 37.3 Å². The third kappa shape index (κ3) is 6.29. The summed E-state index contributed by atoms with van der Waals surface area (Å²) in [6, 6.07) is 11.2. The SMILES string of the molecule is CN1CCCC/C=C\[C@H]2C[C@@]2(C(=O)NS(=O)(=O)C2CC2)NC(=O)[C@@H]2C[C@@H](Oc3ccnc(-c4ccccc4)n3)C[C@H]2C1=O. The van der Waals surface area contributed by atoms with Gasteiger partial charge in [0.25, 0.3) is 5.91 Å². The average molecular weight is 608 g/mol. The van der Waals surface area contributed by atoms with E-state index < -0.39 is 50.6 Å². The fraction of sp³-hybridized carbons (Fsp3) is 0.516. The van der Waals surface area contributed by atoms with Crippen LogP contribution in [0.3, 0.4) is 0 Å². The van der Waals surface area contributed by atoms with Gasteiger partial charge < -0.3 is 15.0 Å². The largest absolute Gasteiger partial charge is 0.474 e. The van der Waals surface area contributed by atoms with E-state index in [1.165, 1.54) is 0 Å². The van der Waals surface area contributed by atoms with E-state index in [-0.39, 0.29) is 18.2 Å². The van der Waals surface area contributed by atoms with Crippen LogP contribution < -0.4 is 14.8 Å². The highest BCUT2D eigenvalue weighted by Crippen LogP contribution is 2.47. The third-order valence-electron chi connectivity index (χ3n) is 8.95. The number of fused-ring (bicyclic) bond motifs is 2. The van der Waals surface area contributed by atoms with E-state index in [0.29, 0.717) is 43.9 Å². The van der Waals surface area contributed by atoms with Crippen LogP contribution in [0.25, 0.3) is 11.4 Å². The van der Waals surface area contributed by atoms with Crippen molar-refractivity contribution < 1.29 is 27.5 Å². The molecule has 228 valence electrons. The van der Waals surface area contributed by atoms with Gasteiger partial charge in [0.1, 0.15) is 11.6 Å². The smallest absolute Gasteiger partial charge is 0.259 e. The molecule has 11 nitrogen and oxygen atoms in total. The molecule has 3 aliphatic carbocycles. The standard InChI is InChI=1S/C31H37N5O6S/c1-36-16-8-3-2-7-11-21-19-31(21,30(39)35-43(40,41)23-12-13-23)34-28(37)24-17-22(18-25(24)29(36)38)42-26-14-15-32-27(33-26)20-9-5-4-6-10-20/h4-7,9-11,14-15,21-25H,2-3,8,12-13,16-19H2,1H3,(H,34,37)(H,35,39)/b11-7-/t21-,22+,24+,25+,31+/m0/s1. The molecule has 2 N–H and O–H groups in total. The van der Waals surface area contributed by atoms with Crippen LogP contribution in [0.2, 0.25) is 0 Å². The fourth-order valence-electron chi connectivity index (χ4n) is 6.20. The Morgan fingerprint density at radius 1 is 1.09 bits per heavy atom. The molecule has 3 saturated carbocycles. The molecule has 0 saturated heterocycles. The molecule has 2 aromatic rings. The van der Waals surface area contributed by atoms with Crippen LogP contribution in [0.15, 0.2) is 54.7 Å². The van der Waals surface area contributed by atoms with Crippen LogP contribution in [-0.2, 0) is 24.4 Å². The van der Waals surface area contributed by atoms with E-state index in [9.17, 15) is 22.8 Å². The number of nitrogens with zero attached hydrogens (tertiary/aromatic N) is 3. The first-order chi connectivity index (χ1) is 20.7. The average Bonchev–Trinajstić information content (AvgIpc) is 3.92. The molecule has 3 fully saturated rings. The number of carbonyl (C=O) groups excluding carboxylic acids is 3. The first-order valence-electron chi connectivity index (χ1n) is 15.0. The molecule has 3 amide bonds. The monoisotopic (exact) mass is 607 g/mol. The molecule has 0 radical (unpaired) electrons. The number of sulfonamides is 1. The zero-order chi connectivity index (χ0) is 30.2. The molecule has 0 spiro atoms. The van der Waals surface area contributed by atoms with Crippen LogP contribution in [0.4, 0.5) is 0 Å². The number of hydrogen-bond acceptors (Lipinski definition) is 8. The molecule has 5 atom stereocenters. The lowest BCUT2D eigenvalue weighted by Gasteiger charge is -2.26. The van der Waals surface area contributed by atoms with Crippen molar-refractivity contribution in [1.82, 2.24) is 24.9 Å². The summed E-state index contributed by atoms with van der Waals surface area (Å²) in [4.78, 5) is 51.5. The van der Waals surface area contributed by atoms with Gasteiger partial charge >= 0.3 is 0 Å². The van der Waals surface area contributed by atoms with E-state index >= 15 is 0 Å². The second-order valence-corrected chi connectivity index (χ2v) is 14.1. The second kappa shape index (κ2) is 11.7. The Labute approximate surface area is 251 Å². The Morgan fingerprint density at radius 3 is 2.63 bits per heavy atom. The molecule has 2 heterocycles. The highest BCUT2D eigenvalue weighted by molar-refractivity contribution is 7.91. The molecular formula is C31H37N5O6S. The summed E-state index contributed by atoms with van der Waals surface area (Å²) < 4.78 is 33.7. The van der Waals surface area contributed by atoms with E-state index in [1.807, 2.05) is 42.5 Å². The molecule has 1 aromatic carbocycles. The molecule has 1 aliphatic heterocycles. The van der Waals surface area contributed by atoms with Crippen LogP contribution in [0.1, 0.15) is 51.4 Å². The number of ether oxygens (including phenoxy) is 1. The van der Waals surface area contributed by atoms with Gasteiger partial charge in [-0.3, -0.25) is 19.1 Å². The fourth-order valence-corrected chi connectivity index (χ4v) is 7.56. The zero-order valence-corrected chi connectivity index (χ0v) is 25.0. The maximum absolute atomic E-state index is 13.9. The minimum Gasteiger partial charge on any atom is -0.474 e. The molecule has 43 heavy (non-hydrogen) atoms. The van der Waals surface area contributed by atoms with E-state index in [4.69, 9.17) is 4.74 Å². The van der Waals surface area contributed by atoms with Gasteiger partial charge in [-0.15, -0.1) is 0 Å². The number of nitrogens with one attached hydrogen (secondary N) is 2. The Bertz CT molecular complexity index is 1530. The number of allylic oxidation sites excluding steroid dienone is 1. The summed E-state index contributed by atoms with van der Waals surface area (Å²) in [5.41, 5.74) is -0.529. The number of carbonyl (C=O) groups is 3. The van der Waals surface area contributed by atoms with Gasteiger partial charge in [0.15, 0.2) is 5.82 Å². The van der Waals surface area contributed by atoms with Gasteiger partial charge in [-0.2, -0.15) is 4.98 Å². The first kappa shape index (κ1) is 29.3. The molecule has 4 aliphatic rings. The van der Waals surface area contributed by atoms with Crippen molar-refractivity contribution in [1.29, 1.82) is 0 Å². The predicted octanol–water partition coefficient (Wildman–Crippen LogP) is 2.60. The highest BCUT2D eigenvalue weighted by Gasteiger charge is 2.62. The molecule has 0 bridgehead atoms. The Hall–Kier alpha value is -3.80. The van der Waals surface area contributed by atoms with E-state index in [0.717, 1.165) is 24.8 Å². The van der Waals surface area contributed by atoms with Crippen molar-refractivity contribution in [2.45, 2.75) is 68.3 Å². The first-order valence-corrected chi connectivity index (χ1v) is 16.6. The lowest BCUT2D eigenvalue weighted by Crippen LogP contribution is -2.54. The summed E-state index contributed by atoms with van der Waals surface area (Å²) in [7, 11) is -2.05. The Kier molecular flexibility index (Phi) is 7.97. The van der Waals surface area contributed by atoms with Crippen molar-refractivity contribution in [2.75, 3.05) is 13.6 Å². The molecule has 6 rings (SSSR count). The van der Waals surface area contributed by atoms with Gasteiger partial charge in [-0.25, -0.2) is 13.4 Å². The van der Waals surface area contributed by atoms with E-state index in [1.54, 1.807) is 24.2 Å². The lowest BCUT2D eigenvalue weighted by atomic mass is 9.93. The second-order valence-electron chi connectivity index (χ2n) is 12.1. The molecular weight excluding hydrogens is 570 g/mol. The van der Waals surface area contributed by atoms with Crippen molar-refractivity contribution in [2.24, 2.45) is 17.8 Å². The predicted molar refractivity (Wildman–Crippen MR) is 158 cm³/mol. The van der Waals surface area contributed by atoms with Crippen molar-refractivity contribution >= 4 is 27.7 Å². The van der Waals surface area contributed by atoms with Gasteiger partial charge in [0.05, 0.1) is 17.1 Å². The molecule has 1 aromatic heterocycles. The maximum Gasteiger partial charge on any atom is 0.259 e. The number of rotatable bonds is 6. The van der Waals surface area contributed by atoms with Gasteiger partial charge in [0.2, 0.25) is 27.7 Å². The summed E-state index contributed by atoms with van der Waals surface area (Å²) in [5, 5.41) is 2.34. The summed E-state index contributed by atoms with van der Waals surface area (Å²) in [6.07, 6.45) is 9.34. The van der Waals surface area contributed by atoms with Crippen molar-refractivity contribution in [3.63, 3.8) is 0 Å². The molecule has 12 heteroatoms. The number of amides is 3.